The fraction of sp³-hybridized carbons (Fsp3) is 0.917. The summed E-state index contributed by atoms with van der Waals surface area (Å²) in [4.78, 5) is 11.8. The molecule has 1 aliphatic carbocycles. The molecular formula is C12H22N2O. The fourth-order valence-corrected chi connectivity index (χ4v) is 2.66. The Morgan fingerprint density at radius 2 is 1.80 bits per heavy atom. The minimum Gasteiger partial charge on any atom is -0.356 e. The molecule has 0 unspecified atom stereocenters. The van der Waals surface area contributed by atoms with E-state index < -0.39 is 0 Å². The zero-order chi connectivity index (χ0) is 10.5. The minimum absolute atomic E-state index is 0.311. The summed E-state index contributed by atoms with van der Waals surface area (Å²) in [5, 5.41) is 6.47. The van der Waals surface area contributed by atoms with Crippen molar-refractivity contribution in [2.45, 2.75) is 38.5 Å². The SMILES string of the molecule is O=C(NCC1CCNCC1)C1CCCC1. The second-order valence-corrected chi connectivity index (χ2v) is 4.92. The molecule has 0 atom stereocenters. The first kappa shape index (κ1) is 10.9. The van der Waals surface area contributed by atoms with Crippen molar-refractivity contribution in [1.82, 2.24) is 10.6 Å². The minimum atomic E-state index is 0.311. The number of hydrogen-bond acceptors (Lipinski definition) is 2. The van der Waals surface area contributed by atoms with Gasteiger partial charge in [-0.3, -0.25) is 4.79 Å². The summed E-state index contributed by atoms with van der Waals surface area (Å²) in [6.07, 6.45) is 7.13. The van der Waals surface area contributed by atoms with E-state index in [0.29, 0.717) is 17.7 Å². The molecule has 1 saturated carbocycles. The maximum Gasteiger partial charge on any atom is 0.223 e. The van der Waals surface area contributed by atoms with Gasteiger partial charge in [-0.05, 0) is 44.7 Å². The highest BCUT2D eigenvalue weighted by molar-refractivity contribution is 5.78. The Bertz CT molecular complexity index is 206. The van der Waals surface area contributed by atoms with E-state index in [4.69, 9.17) is 0 Å². The quantitative estimate of drug-likeness (QED) is 0.737. The van der Waals surface area contributed by atoms with Crippen LogP contribution in [0.25, 0.3) is 0 Å². The average molecular weight is 210 g/mol. The van der Waals surface area contributed by atoms with Gasteiger partial charge in [-0.1, -0.05) is 12.8 Å². The lowest BCUT2D eigenvalue weighted by Gasteiger charge is -2.23. The molecule has 1 aliphatic heterocycles. The van der Waals surface area contributed by atoms with Crippen LogP contribution in [0.5, 0.6) is 0 Å². The van der Waals surface area contributed by atoms with Crippen LogP contribution in [0.3, 0.4) is 0 Å². The van der Waals surface area contributed by atoms with Gasteiger partial charge in [0.15, 0.2) is 0 Å². The molecule has 15 heavy (non-hydrogen) atoms. The van der Waals surface area contributed by atoms with Crippen molar-refractivity contribution in [3.8, 4) is 0 Å². The molecular weight excluding hydrogens is 188 g/mol. The lowest BCUT2D eigenvalue weighted by Crippen LogP contribution is -2.37. The lowest BCUT2D eigenvalue weighted by molar-refractivity contribution is -0.125. The molecule has 0 aromatic carbocycles. The molecule has 1 amide bonds. The van der Waals surface area contributed by atoms with Gasteiger partial charge in [0.05, 0.1) is 0 Å². The number of rotatable bonds is 3. The molecule has 3 nitrogen and oxygen atoms in total. The summed E-state index contributed by atoms with van der Waals surface area (Å²) in [5.74, 6) is 1.34. The van der Waals surface area contributed by atoms with Crippen LogP contribution in [0, 0.1) is 11.8 Å². The van der Waals surface area contributed by atoms with E-state index in [1.165, 1.54) is 25.7 Å². The van der Waals surface area contributed by atoms with E-state index in [9.17, 15) is 4.79 Å². The van der Waals surface area contributed by atoms with Crippen LogP contribution in [-0.4, -0.2) is 25.5 Å². The summed E-state index contributed by atoms with van der Waals surface area (Å²) in [7, 11) is 0. The Balaban J connectivity index is 1.65. The molecule has 0 bridgehead atoms. The summed E-state index contributed by atoms with van der Waals surface area (Å²) >= 11 is 0. The van der Waals surface area contributed by atoms with Crippen molar-refractivity contribution in [3.63, 3.8) is 0 Å². The first-order valence-corrected chi connectivity index (χ1v) is 6.34. The molecule has 1 heterocycles. The van der Waals surface area contributed by atoms with Gasteiger partial charge < -0.3 is 10.6 Å². The topological polar surface area (TPSA) is 41.1 Å². The number of amides is 1. The summed E-state index contributed by atoms with van der Waals surface area (Å²) in [6.45, 7) is 3.13. The largest absolute Gasteiger partial charge is 0.356 e. The van der Waals surface area contributed by atoms with Crippen LogP contribution in [0.2, 0.25) is 0 Å². The highest BCUT2D eigenvalue weighted by Gasteiger charge is 2.23. The van der Waals surface area contributed by atoms with E-state index in [0.717, 1.165) is 32.5 Å². The Labute approximate surface area is 92.0 Å². The Kier molecular flexibility index (Phi) is 4.01. The molecule has 2 rings (SSSR count). The van der Waals surface area contributed by atoms with Gasteiger partial charge in [0.2, 0.25) is 5.91 Å². The van der Waals surface area contributed by atoms with Gasteiger partial charge in [0.1, 0.15) is 0 Å². The number of carbonyl (C=O) groups excluding carboxylic acids is 1. The van der Waals surface area contributed by atoms with Crippen LogP contribution >= 0.6 is 0 Å². The second-order valence-electron chi connectivity index (χ2n) is 4.92. The molecule has 3 heteroatoms. The number of carbonyl (C=O) groups is 1. The van der Waals surface area contributed by atoms with Crippen molar-refractivity contribution < 1.29 is 4.79 Å². The average Bonchev–Trinajstić information content (AvgIpc) is 2.81. The first-order chi connectivity index (χ1) is 7.36. The van der Waals surface area contributed by atoms with Crippen molar-refractivity contribution in [1.29, 1.82) is 0 Å². The molecule has 2 N–H and O–H groups in total. The standard InChI is InChI=1S/C12H22N2O/c15-12(11-3-1-2-4-11)14-9-10-5-7-13-8-6-10/h10-11,13H,1-9H2,(H,14,15). The lowest BCUT2D eigenvalue weighted by atomic mass is 9.98. The third kappa shape index (κ3) is 3.20. The van der Waals surface area contributed by atoms with Crippen molar-refractivity contribution in [3.05, 3.63) is 0 Å². The second kappa shape index (κ2) is 5.50. The third-order valence-electron chi connectivity index (χ3n) is 3.75. The third-order valence-corrected chi connectivity index (χ3v) is 3.75. The predicted octanol–water partition coefficient (Wildman–Crippen LogP) is 1.29. The maximum atomic E-state index is 11.8. The smallest absolute Gasteiger partial charge is 0.223 e. The van der Waals surface area contributed by atoms with Gasteiger partial charge in [-0.15, -0.1) is 0 Å². The molecule has 86 valence electrons. The van der Waals surface area contributed by atoms with Crippen molar-refractivity contribution in [2.24, 2.45) is 11.8 Å². The monoisotopic (exact) mass is 210 g/mol. The fourth-order valence-electron chi connectivity index (χ4n) is 2.66. The normalized spacial score (nSPS) is 24.3. The zero-order valence-electron chi connectivity index (χ0n) is 9.43. The highest BCUT2D eigenvalue weighted by Crippen LogP contribution is 2.24. The van der Waals surface area contributed by atoms with Gasteiger partial charge >= 0.3 is 0 Å². The van der Waals surface area contributed by atoms with Gasteiger partial charge in [-0.25, -0.2) is 0 Å². The van der Waals surface area contributed by atoms with E-state index in [1.807, 2.05) is 0 Å². The van der Waals surface area contributed by atoms with Gasteiger partial charge in [-0.2, -0.15) is 0 Å². The van der Waals surface area contributed by atoms with Crippen LogP contribution in [-0.2, 0) is 4.79 Å². The first-order valence-electron chi connectivity index (χ1n) is 6.34. The van der Waals surface area contributed by atoms with Crippen molar-refractivity contribution >= 4 is 5.91 Å². The Morgan fingerprint density at radius 3 is 2.47 bits per heavy atom. The number of piperidine rings is 1. The van der Waals surface area contributed by atoms with Crippen molar-refractivity contribution in [2.75, 3.05) is 19.6 Å². The maximum absolute atomic E-state index is 11.8. The van der Waals surface area contributed by atoms with E-state index in [2.05, 4.69) is 10.6 Å². The molecule has 2 aliphatic rings. The summed E-state index contributed by atoms with van der Waals surface area (Å²) in [6, 6.07) is 0. The van der Waals surface area contributed by atoms with E-state index in [1.54, 1.807) is 0 Å². The molecule has 0 aromatic heterocycles. The Hall–Kier alpha value is -0.570. The van der Waals surface area contributed by atoms with E-state index in [-0.39, 0.29) is 0 Å². The highest BCUT2D eigenvalue weighted by atomic mass is 16.1. The summed E-state index contributed by atoms with van der Waals surface area (Å²) < 4.78 is 0. The predicted molar refractivity (Wildman–Crippen MR) is 60.6 cm³/mol. The molecule has 2 fully saturated rings. The number of hydrogen-bond donors (Lipinski definition) is 2. The van der Waals surface area contributed by atoms with E-state index >= 15 is 0 Å². The molecule has 0 radical (unpaired) electrons. The molecule has 0 aromatic rings. The van der Waals surface area contributed by atoms with Gasteiger partial charge in [0, 0.05) is 12.5 Å². The van der Waals surface area contributed by atoms with Gasteiger partial charge in [0.25, 0.3) is 0 Å². The molecule has 0 spiro atoms. The van der Waals surface area contributed by atoms with Crippen LogP contribution < -0.4 is 10.6 Å². The number of nitrogens with one attached hydrogen (secondary N) is 2. The van der Waals surface area contributed by atoms with Crippen LogP contribution in [0.15, 0.2) is 0 Å². The van der Waals surface area contributed by atoms with Crippen LogP contribution in [0.4, 0.5) is 0 Å². The van der Waals surface area contributed by atoms with Crippen LogP contribution in [0.1, 0.15) is 38.5 Å². The summed E-state index contributed by atoms with van der Waals surface area (Å²) in [5.41, 5.74) is 0. The molecule has 1 saturated heterocycles. The Morgan fingerprint density at radius 1 is 1.13 bits per heavy atom. The zero-order valence-corrected chi connectivity index (χ0v) is 9.43.